The van der Waals surface area contributed by atoms with E-state index >= 15 is 0 Å². The fraction of sp³-hybridized carbons (Fsp3) is 0.240. The van der Waals surface area contributed by atoms with Crippen molar-refractivity contribution in [2.45, 2.75) is 18.4 Å². The second-order valence-electron chi connectivity index (χ2n) is 8.06. The van der Waals surface area contributed by atoms with Crippen LogP contribution in [0.2, 0.25) is 0 Å². The number of ether oxygens (including phenoxy) is 1. The summed E-state index contributed by atoms with van der Waals surface area (Å²) >= 11 is 1.54. The lowest BCUT2D eigenvalue weighted by molar-refractivity contribution is 0.0730. The zero-order chi connectivity index (χ0) is 23.5. The highest BCUT2D eigenvalue weighted by molar-refractivity contribution is 7.89. The van der Waals surface area contributed by atoms with Gasteiger partial charge in [0.25, 0.3) is 0 Å². The summed E-state index contributed by atoms with van der Waals surface area (Å²) in [5.41, 5.74) is 3.91. The van der Waals surface area contributed by atoms with Gasteiger partial charge in [0.15, 0.2) is 4.80 Å². The van der Waals surface area contributed by atoms with Crippen LogP contribution in [0.15, 0.2) is 86.6 Å². The molecule has 5 rings (SSSR count). The molecule has 9 heteroatoms. The summed E-state index contributed by atoms with van der Waals surface area (Å²) in [5.74, 6) is 0.816. The molecule has 7 nitrogen and oxygen atoms in total. The van der Waals surface area contributed by atoms with Crippen LogP contribution in [-0.4, -0.2) is 43.6 Å². The number of morpholine rings is 1. The molecule has 2 aromatic carbocycles. The third kappa shape index (κ3) is 4.78. The lowest BCUT2D eigenvalue weighted by atomic mass is 10.2. The van der Waals surface area contributed by atoms with E-state index in [0.29, 0.717) is 32.8 Å². The molecule has 0 N–H and O–H groups in total. The molecular formula is C25H25N3O4S2. The number of aryl methyl sites for hydroxylation is 1. The highest BCUT2D eigenvalue weighted by Gasteiger charge is 2.26. The molecule has 1 aliphatic heterocycles. The number of hydrogen-bond acceptors (Lipinski definition) is 6. The van der Waals surface area contributed by atoms with Crippen LogP contribution in [-0.2, 0) is 21.3 Å². The molecular weight excluding hydrogens is 470 g/mol. The van der Waals surface area contributed by atoms with Gasteiger partial charge in [-0.3, -0.25) is 0 Å². The van der Waals surface area contributed by atoms with Gasteiger partial charge in [-0.1, -0.05) is 29.8 Å². The number of rotatable bonds is 6. The summed E-state index contributed by atoms with van der Waals surface area (Å²) in [6.45, 7) is 4.17. The first kappa shape index (κ1) is 22.8. The molecule has 0 aliphatic carbocycles. The highest BCUT2D eigenvalue weighted by Crippen LogP contribution is 2.25. The van der Waals surface area contributed by atoms with Crippen molar-refractivity contribution in [3.05, 3.63) is 88.4 Å². The zero-order valence-electron chi connectivity index (χ0n) is 18.8. The van der Waals surface area contributed by atoms with E-state index in [2.05, 4.69) is 4.57 Å². The fourth-order valence-corrected chi connectivity index (χ4v) is 6.16. The van der Waals surface area contributed by atoms with Gasteiger partial charge in [-0.15, -0.1) is 11.3 Å². The minimum atomic E-state index is -3.54. The first-order valence-electron chi connectivity index (χ1n) is 11.0. The Kier molecular flexibility index (Phi) is 6.51. The number of thiazole rings is 1. The third-order valence-corrected chi connectivity index (χ3v) is 8.48. The van der Waals surface area contributed by atoms with Gasteiger partial charge in [-0.25, -0.2) is 13.4 Å². The van der Waals surface area contributed by atoms with E-state index in [-0.39, 0.29) is 4.90 Å². The third-order valence-electron chi connectivity index (χ3n) is 5.71. The molecule has 2 aromatic heterocycles. The molecule has 3 heterocycles. The number of benzene rings is 2. The van der Waals surface area contributed by atoms with Crippen LogP contribution >= 0.6 is 11.3 Å². The molecule has 1 fully saturated rings. The van der Waals surface area contributed by atoms with E-state index in [4.69, 9.17) is 14.1 Å². The predicted molar refractivity (Wildman–Crippen MR) is 132 cm³/mol. The van der Waals surface area contributed by atoms with Crippen molar-refractivity contribution >= 4 is 27.0 Å². The lowest BCUT2D eigenvalue weighted by Crippen LogP contribution is -2.40. The summed E-state index contributed by atoms with van der Waals surface area (Å²) in [5, 5.41) is 2.04. The number of nitrogens with zero attached hydrogens (tertiary/aromatic N) is 3. The van der Waals surface area contributed by atoms with Gasteiger partial charge in [0.05, 0.1) is 42.3 Å². The summed E-state index contributed by atoms with van der Waals surface area (Å²) in [7, 11) is -3.54. The molecule has 0 bridgehead atoms. The molecule has 0 unspecified atom stereocenters. The average Bonchev–Trinajstić information content (AvgIpc) is 3.52. The molecule has 4 aromatic rings. The van der Waals surface area contributed by atoms with Gasteiger partial charge in [0, 0.05) is 18.5 Å². The van der Waals surface area contributed by atoms with Crippen LogP contribution in [0.4, 0.5) is 5.69 Å². The number of hydrogen-bond donors (Lipinski definition) is 0. The minimum Gasteiger partial charge on any atom is -0.467 e. The van der Waals surface area contributed by atoms with Crippen LogP contribution in [0.1, 0.15) is 11.3 Å². The van der Waals surface area contributed by atoms with E-state index in [1.165, 1.54) is 21.2 Å². The average molecular weight is 496 g/mol. The maximum absolute atomic E-state index is 13.0. The van der Waals surface area contributed by atoms with Crippen LogP contribution < -0.4 is 4.80 Å². The van der Waals surface area contributed by atoms with E-state index in [9.17, 15) is 8.42 Å². The van der Waals surface area contributed by atoms with E-state index in [1.54, 1.807) is 18.4 Å². The standard InChI is InChI=1S/C25H25N3O4S2/c1-19-4-8-21(9-5-19)26-25-28(17-22-3-2-14-32-22)24(18-33-25)20-6-10-23(11-7-20)34(29,30)27-12-15-31-16-13-27/h2-11,14,18H,12-13,15-17H2,1H3. The Morgan fingerprint density at radius 1 is 1.00 bits per heavy atom. The van der Waals surface area contributed by atoms with Crippen LogP contribution in [0.3, 0.4) is 0 Å². The van der Waals surface area contributed by atoms with Crippen molar-refractivity contribution in [3.8, 4) is 11.3 Å². The molecule has 0 amide bonds. The Morgan fingerprint density at radius 2 is 1.74 bits per heavy atom. The fourth-order valence-electron chi connectivity index (χ4n) is 3.82. The van der Waals surface area contributed by atoms with Crippen LogP contribution in [0.5, 0.6) is 0 Å². The summed E-state index contributed by atoms with van der Waals surface area (Å²) in [6.07, 6.45) is 1.66. The smallest absolute Gasteiger partial charge is 0.243 e. The molecule has 1 aliphatic rings. The second kappa shape index (κ2) is 9.71. The first-order chi connectivity index (χ1) is 16.5. The summed E-state index contributed by atoms with van der Waals surface area (Å²) in [4.78, 5) is 5.97. The van der Waals surface area contributed by atoms with Gasteiger partial charge in [-0.05, 0) is 48.9 Å². The molecule has 0 saturated carbocycles. The first-order valence-corrected chi connectivity index (χ1v) is 13.3. The normalized spacial score (nSPS) is 15.6. The second-order valence-corrected chi connectivity index (χ2v) is 10.8. The Bertz CT molecular complexity index is 1410. The van der Waals surface area contributed by atoms with Crippen molar-refractivity contribution in [3.63, 3.8) is 0 Å². The predicted octanol–water partition coefficient (Wildman–Crippen LogP) is 4.42. The van der Waals surface area contributed by atoms with E-state index in [1.807, 2.05) is 60.8 Å². The van der Waals surface area contributed by atoms with Crippen LogP contribution in [0, 0.1) is 6.92 Å². The van der Waals surface area contributed by atoms with Crippen molar-refractivity contribution in [1.82, 2.24) is 8.87 Å². The Hall–Kier alpha value is -2.98. The van der Waals surface area contributed by atoms with Gasteiger partial charge < -0.3 is 13.7 Å². The molecule has 0 radical (unpaired) electrons. The van der Waals surface area contributed by atoms with Crippen molar-refractivity contribution < 1.29 is 17.6 Å². The van der Waals surface area contributed by atoms with Gasteiger partial charge >= 0.3 is 0 Å². The molecule has 34 heavy (non-hydrogen) atoms. The monoisotopic (exact) mass is 495 g/mol. The maximum atomic E-state index is 13.0. The SMILES string of the molecule is Cc1ccc(N=c2scc(-c3ccc(S(=O)(=O)N4CCOCC4)cc3)n2Cc2ccco2)cc1. The maximum Gasteiger partial charge on any atom is 0.243 e. The number of aromatic nitrogens is 1. The van der Waals surface area contributed by atoms with E-state index < -0.39 is 10.0 Å². The van der Waals surface area contributed by atoms with Crippen molar-refractivity contribution in [1.29, 1.82) is 0 Å². The Morgan fingerprint density at radius 3 is 2.41 bits per heavy atom. The lowest BCUT2D eigenvalue weighted by Gasteiger charge is -2.26. The molecule has 176 valence electrons. The molecule has 1 saturated heterocycles. The summed E-state index contributed by atoms with van der Waals surface area (Å²) in [6, 6.07) is 18.9. The molecule has 0 atom stereocenters. The minimum absolute atomic E-state index is 0.288. The number of sulfonamides is 1. The van der Waals surface area contributed by atoms with Crippen molar-refractivity contribution in [2.75, 3.05) is 26.3 Å². The zero-order valence-corrected chi connectivity index (χ0v) is 20.4. The quantitative estimate of drug-likeness (QED) is 0.397. The van der Waals surface area contributed by atoms with Gasteiger partial charge in [-0.2, -0.15) is 4.31 Å². The topological polar surface area (TPSA) is 77.0 Å². The summed E-state index contributed by atoms with van der Waals surface area (Å²) < 4.78 is 40.4. The van der Waals surface area contributed by atoms with Crippen molar-refractivity contribution in [2.24, 2.45) is 4.99 Å². The van der Waals surface area contributed by atoms with Crippen LogP contribution in [0.25, 0.3) is 11.3 Å². The Labute approximate surface area is 202 Å². The number of furan rings is 1. The Balaban J connectivity index is 1.51. The van der Waals surface area contributed by atoms with E-state index in [0.717, 1.165) is 27.5 Å². The highest BCUT2D eigenvalue weighted by atomic mass is 32.2. The molecule has 0 spiro atoms. The largest absolute Gasteiger partial charge is 0.467 e. The van der Waals surface area contributed by atoms with Gasteiger partial charge in [0.1, 0.15) is 5.76 Å². The van der Waals surface area contributed by atoms with Gasteiger partial charge in [0.2, 0.25) is 10.0 Å².